The molecule has 1 heterocycles. The number of H-pyrrole nitrogens is 1. The van der Waals surface area contributed by atoms with Crippen molar-refractivity contribution in [1.82, 2.24) is 14.9 Å². The van der Waals surface area contributed by atoms with Crippen molar-refractivity contribution in [3.8, 4) is 0 Å². The molecular formula is C12H15N5O3. The second-order valence-corrected chi connectivity index (χ2v) is 4.25. The number of nitrogens with one attached hydrogen (secondary N) is 2. The van der Waals surface area contributed by atoms with Crippen LogP contribution in [0.15, 0.2) is 23.0 Å². The molecule has 0 atom stereocenters. The van der Waals surface area contributed by atoms with Crippen molar-refractivity contribution in [1.29, 1.82) is 0 Å². The highest BCUT2D eigenvalue weighted by atomic mass is 16.2. The van der Waals surface area contributed by atoms with E-state index in [1.807, 2.05) is 0 Å². The first kappa shape index (κ1) is 13.8. The standard InChI is InChI=1S/C12H15N5O3/c13-3-4-17-9-5-7(11(19)15-6-10(14)18)1-2-8(9)16-12(17)20/h1-2,5H,3-4,6,13H2,(H2,14,18)(H,15,19)(H,16,20). The number of nitrogens with two attached hydrogens (primary N) is 2. The molecule has 0 fully saturated rings. The maximum Gasteiger partial charge on any atom is 0.326 e. The molecule has 0 saturated carbocycles. The Labute approximate surface area is 113 Å². The van der Waals surface area contributed by atoms with E-state index in [1.54, 1.807) is 18.2 Å². The van der Waals surface area contributed by atoms with Crippen LogP contribution in [-0.2, 0) is 11.3 Å². The van der Waals surface area contributed by atoms with Crippen molar-refractivity contribution in [3.63, 3.8) is 0 Å². The Hall–Kier alpha value is -2.61. The Morgan fingerprint density at radius 3 is 2.75 bits per heavy atom. The van der Waals surface area contributed by atoms with Crippen molar-refractivity contribution >= 4 is 22.8 Å². The zero-order valence-corrected chi connectivity index (χ0v) is 10.7. The van der Waals surface area contributed by atoms with Crippen LogP contribution in [0.25, 0.3) is 11.0 Å². The fraction of sp³-hybridized carbons (Fsp3) is 0.250. The Balaban J connectivity index is 2.36. The molecule has 2 rings (SSSR count). The number of hydrogen-bond donors (Lipinski definition) is 4. The van der Waals surface area contributed by atoms with Crippen molar-refractivity contribution in [2.24, 2.45) is 11.5 Å². The number of rotatable bonds is 5. The second-order valence-electron chi connectivity index (χ2n) is 4.25. The van der Waals surface area contributed by atoms with Crippen LogP contribution in [0.5, 0.6) is 0 Å². The third-order valence-electron chi connectivity index (χ3n) is 2.81. The predicted octanol–water partition coefficient (Wildman–Crippen LogP) is -1.50. The lowest BCUT2D eigenvalue weighted by Crippen LogP contribution is -2.33. The van der Waals surface area contributed by atoms with Crippen LogP contribution in [0, 0.1) is 0 Å². The van der Waals surface area contributed by atoms with Gasteiger partial charge in [0.05, 0.1) is 17.6 Å². The monoisotopic (exact) mass is 277 g/mol. The van der Waals surface area contributed by atoms with Crippen LogP contribution in [0.4, 0.5) is 0 Å². The molecule has 0 aliphatic heterocycles. The van der Waals surface area contributed by atoms with Gasteiger partial charge in [-0.3, -0.25) is 14.2 Å². The summed E-state index contributed by atoms with van der Waals surface area (Å²) in [5.41, 5.74) is 11.7. The van der Waals surface area contributed by atoms with Gasteiger partial charge in [-0.2, -0.15) is 0 Å². The molecule has 8 heteroatoms. The van der Waals surface area contributed by atoms with Crippen LogP contribution in [-0.4, -0.2) is 34.5 Å². The van der Waals surface area contributed by atoms with Crippen LogP contribution in [0.3, 0.4) is 0 Å². The number of fused-ring (bicyclic) bond motifs is 1. The Kier molecular flexibility index (Phi) is 3.85. The van der Waals surface area contributed by atoms with Crippen molar-refractivity contribution in [2.75, 3.05) is 13.1 Å². The molecule has 0 saturated heterocycles. The highest BCUT2D eigenvalue weighted by Gasteiger charge is 2.11. The van der Waals surface area contributed by atoms with Crippen LogP contribution < -0.4 is 22.5 Å². The smallest absolute Gasteiger partial charge is 0.326 e. The quantitative estimate of drug-likeness (QED) is 0.529. The van der Waals surface area contributed by atoms with Gasteiger partial charge in [0.1, 0.15) is 0 Å². The Bertz CT molecular complexity index is 715. The molecule has 1 aromatic heterocycles. The van der Waals surface area contributed by atoms with Crippen molar-refractivity contribution in [2.45, 2.75) is 6.54 Å². The van der Waals surface area contributed by atoms with Gasteiger partial charge in [0.2, 0.25) is 5.91 Å². The lowest BCUT2D eigenvalue weighted by Gasteiger charge is -2.04. The molecule has 0 aliphatic rings. The lowest BCUT2D eigenvalue weighted by molar-refractivity contribution is -0.117. The number of aromatic nitrogens is 2. The Morgan fingerprint density at radius 1 is 1.35 bits per heavy atom. The molecule has 8 nitrogen and oxygen atoms in total. The van der Waals surface area contributed by atoms with E-state index in [4.69, 9.17) is 11.5 Å². The van der Waals surface area contributed by atoms with Gasteiger partial charge in [0.25, 0.3) is 5.91 Å². The average Bonchev–Trinajstić information content (AvgIpc) is 2.72. The fourth-order valence-electron chi connectivity index (χ4n) is 1.91. The summed E-state index contributed by atoms with van der Waals surface area (Å²) >= 11 is 0. The Morgan fingerprint density at radius 2 is 2.10 bits per heavy atom. The summed E-state index contributed by atoms with van der Waals surface area (Å²) in [4.78, 5) is 36.8. The van der Waals surface area contributed by atoms with E-state index in [0.717, 1.165) is 0 Å². The number of carbonyl (C=O) groups is 2. The number of primary amides is 1. The normalized spacial score (nSPS) is 10.7. The molecule has 0 spiro atoms. The van der Waals surface area contributed by atoms with E-state index in [2.05, 4.69) is 10.3 Å². The number of hydrogen-bond acceptors (Lipinski definition) is 4. The number of aromatic amines is 1. The maximum absolute atomic E-state index is 11.8. The van der Waals surface area contributed by atoms with E-state index in [1.165, 1.54) is 4.57 Å². The van der Waals surface area contributed by atoms with Gasteiger partial charge in [0.15, 0.2) is 0 Å². The van der Waals surface area contributed by atoms with Gasteiger partial charge in [-0.05, 0) is 18.2 Å². The summed E-state index contributed by atoms with van der Waals surface area (Å²) < 4.78 is 1.46. The molecule has 0 radical (unpaired) electrons. The molecule has 106 valence electrons. The summed E-state index contributed by atoms with van der Waals surface area (Å²) in [5, 5.41) is 2.39. The molecular weight excluding hydrogens is 262 g/mol. The van der Waals surface area contributed by atoms with Gasteiger partial charge < -0.3 is 21.8 Å². The summed E-state index contributed by atoms with van der Waals surface area (Å²) in [6, 6.07) is 4.75. The third-order valence-corrected chi connectivity index (χ3v) is 2.81. The number of benzene rings is 1. The largest absolute Gasteiger partial charge is 0.368 e. The summed E-state index contributed by atoms with van der Waals surface area (Å²) in [5.74, 6) is -1.06. The second kappa shape index (κ2) is 5.57. The molecule has 0 bridgehead atoms. The third kappa shape index (κ3) is 2.69. The molecule has 1 aromatic carbocycles. The van der Waals surface area contributed by atoms with Gasteiger partial charge in [-0.15, -0.1) is 0 Å². The molecule has 6 N–H and O–H groups in total. The number of carbonyl (C=O) groups excluding carboxylic acids is 2. The zero-order chi connectivity index (χ0) is 14.7. The number of amides is 2. The van der Waals surface area contributed by atoms with Crippen LogP contribution in [0.1, 0.15) is 10.4 Å². The average molecular weight is 277 g/mol. The van der Waals surface area contributed by atoms with Gasteiger partial charge in [0, 0.05) is 18.7 Å². The SMILES string of the molecule is NCCn1c(=O)[nH]c2ccc(C(=O)NCC(N)=O)cc21. The molecule has 0 aliphatic carbocycles. The number of nitrogens with zero attached hydrogens (tertiary/aromatic N) is 1. The zero-order valence-electron chi connectivity index (χ0n) is 10.7. The topological polar surface area (TPSA) is 136 Å². The fourth-order valence-corrected chi connectivity index (χ4v) is 1.91. The number of imidazole rings is 1. The maximum atomic E-state index is 11.8. The summed E-state index contributed by atoms with van der Waals surface area (Å²) in [6.45, 7) is 0.426. The van der Waals surface area contributed by atoms with Gasteiger partial charge in [-0.25, -0.2) is 4.79 Å². The van der Waals surface area contributed by atoms with E-state index in [0.29, 0.717) is 29.7 Å². The van der Waals surface area contributed by atoms with Crippen molar-refractivity contribution < 1.29 is 9.59 Å². The van der Waals surface area contributed by atoms with Gasteiger partial charge in [-0.1, -0.05) is 0 Å². The highest BCUT2D eigenvalue weighted by Crippen LogP contribution is 2.12. The summed E-state index contributed by atoms with van der Waals surface area (Å²) in [6.07, 6.45) is 0. The first-order valence-electron chi connectivity index (χ1n) is 6.02. The van der Waals surface area contributed by atoms with E-state index < -0.39 is 11.8 Å². The van der Waals surface area contributed by atoms with E-state index in [9.17, 15) is 14.4 Å². The molecule has 0 unspecified atom stereocenters. The van der Waals surface area contributed by atoms with E-state index in [-0.39, 0.29) is 12.2 Å². The van der Waals surface area contributed by atoms with Crippen LogP contribution in [0.2, 0.25) is 0 Å². The molecule has 2 amide bonds. The summed E-state index contributed by atoms with van der Waals surface area (Å²) in [7, 11) is 0. The van der Waals surface area contributed by atoms with E-state index >= 15 is 0 Å². The molecule has 20 heavy (non-hydrogen) atoms. The first-order chi connectivity index (χ1) is 9.52. The first-order valence-corrected chi connectivity index (χ1v) is 6.02. The van der Waals surface area contributed by atoms with Crippen molar-refractivity contribution in [3.05, 3.63) is 34.2 Å². The van der Waals surface area contributed by atoms with Gasteiger partial charge >= 0.3 is 5.69 Å². The molecule has 2 aromatic rings. The minimum atomic E-state index is -0.624. The minimum absolute atomic E-state index is 0.236. The van der Waals surface area contributed by atoms with Crippen LogP contribution >= 0.6 is 0 Å². The minimum Gasteiger partial charge on any atom is -0.368 e. The lowest BCUT2D eigenvalue weighted by atomic mass is 10.2. The predicted molar refractivity (Wildman–Crippen MR) is 73.1 cm³/mol. The highest BCUT2D eigenvalue weighted by molar-refractivity contribution is 5.98.